The summed E-state index contributed by atoms with van der Waals surface area (Å²) in [6.45, 7) is 0.251. The second kappa shape index (κ2) is 8.42. The van der Waals surface area contributed by atoms with Crippen molar-refractivity contribution in [2.24, 2.45) is 10.8 Å². The van der Waals surface area contributed by atoms with E-state index in [0.717, 1.165) is 5.56 Å². The summed E-state index contributed by atoms with van der Waals surface area (Å²) in [6, 6.07) is 9.77. The lowest BCUT2D eigenvalue weighted by Gasteiger charge is -2.13. The van der Waals surface area contributed by atoms with Crippen LogP contribution < -0.4 is 20.6 Å². The van der Waals surface area contributed by atoms with Gasteiger partial charge in [-0.05, 0) is 29.8 Å². The van der Waals surface area contributed by atoms with Gasteiger partial charge in [0.15, 0.2) is 11.5 Å². The maximum absolute atomic E-state index is 10.7. The minimum absolute atomic E-state index is 0.251. The van der Waals surface area contributed by atoms with Gasteiger partial charge in [-0.3, -0.25) is 0 Å². The fraction of sp³-hybridized carbons (Fsp3) is 0.125. The van der Waals surface area contributed by atoms with Crippen LogP contribution in [0.4, 0.5) is 4.79 Å². The number of benzene rings is 2. The molecule has 0 aliphatic carbocycles. The lowest BCUT2D eigenvalue weighted by Crippen LogP contribution is -2.24. The summed E-state index contributed by atoms with van der Waals surface area (Å²) in [4.78, 5) is 10.7. The Morgan fingerprint density at radius 2 is 2.08 bits per heavy atom. The van der Waals surface area contributed by atoms with E-state index in [-0.39, 0.29) is 6.61 Å². The third-order valence-electron chi connectivity index (χ3n) is 2.97. The standard InChI is InChI=1S/C16H15Cl2N3O3/c1-23-14-4-2-3-11(8-20-21-16(19)22)15(14)24-9-10-5-6-12(17)13(18)7-10/h2-8H,9H2,1H3,(H3,19,21,22)/b20-8+. The van der Waals surface area contributed by atoms with Gasteiger partial charge in [0.05, 0.1) is 23.4 Å². The number of nitrogens with zero attached hydrogens (tertiary/aromatic N) is 1. The van der Waals surface area contributed by atoms with Crippen LogP contribution in [0.1, 0.15) is 11.1 Å². The largest absolute Gasteiger partial charge is 0.493 e. The summed E-state index contributed by atoms with van der Waals surface area (Å²) in [5.41, 5.74) is 8.55. The van der Waals surface area contributed by atoms with Gasteiger partial charge in [0.25, 0.3) is 0 Å². The monoisotopic (exact) mass is 367 g/mol. The summed E-state index contributed by atoms with van der Waals surface area (Å²) in [5, 5.41) is 4.66. The van der Waals surface area contributed by atoms with Crippen LogP contribution in [0.15, 0.2) is 41.5 Å². The number of para-hydroxylation sites is 1. The van der Waals surface area contributed by atoms with Gasteiger partial charge in [0.1, 0.15) is 6.61 Å². The first-order valence-corrected chi connectivity index (χ1v) is 7.59. The number of halogens is 2. The molecule has 6 nitrogen and oxygen atoms in total. The molecule has 2 rings (SSSR count). The molecule has 0 aliphatic heterocycles. The minimum Gasteiger partial charge on any atom is -0.493 e. The van der Waals surface area contributed by atoms with Crippen molar-refractivity contribution in [1.29, 1.82) is 0 Å². The third-order valence-corrected chi connectivity index (χ3v) is 3.71. The molecule has 0 heterocycles. The second-order valence-electron chi connectivity index (χ2n) is 4.65. The number of rotatable bonds is 6. The molecule has 0 aromatic heterocycles. The zero-order valence-corrected chi connectivity index (χ0v) is 14.3. The highest BCUT2D eigenvalue weighted by molar-refractivity contribution is 6.42. The molecule has 0 aliphatic rings. The molecule has 2 amide bonds. The van der Waals surface area contributed by atoms with Crippen molar-refractivity contribution in [3.63, 3.8) is 0 Å². The predicted molar refractivity (Wildman–Crippen MR) is 94.1 cm³/mol. The molecular weight excluding hydrogens is 353 g/mol. The van der Waals surface area contributed by atoms with Gasteiger partial charge < -0.3 is 15.2 Å². The molecule has 0 atom stereocenters. The number of nitrogens with one attached hydrogen (secondary N) is 1. The quantitative estimate of drug-likeness (QED) is 0.604. The van der Waals surface area contributed by atoms with Gasteiger partial charge >= 0.3 is 6.03 Å². The summed E-state index contributed by atoms with van der Waals surface area (Å²) in [6.07, 6.45) is 1.41. The van der Waals surface area contributed by atoms with Gasteiger partial charge in [-0.1, -0.05) is 35.3 Å². The highest BCUT2D eigenvalue weighted by Crippen LogP contribution is 2.31. The average molecular weight is 368 g/mol. The Kier molecular flexibility index (Phi) is 6.28. The number of urea groups is 1. The lowest BCUT2D eigenvalue weighted by molar-refractivity contribution is 0.249. The molecule has 24 heavy (non-hydrogen) atoms. The highest BCUT2D eigenvalue weighted by atomic mass is 35.5. The number of ether oxygens (including phenoxy) is 2. The van der Waals surface area contributed by atoms with Crippen LogP contribution in [-0.4, -0.2) is 19.4 Å². The smallest absolute Gasteiger partial charge is 0.332 e. The number of carbonyl (C=O) groups excluding carboxylic acids is 1. The molecule has 2 aromatic rings. The molecule has 0 spiro atoms. The molecule has 126 valence electrons. The van der Waals surface area contributed by atoms with Crippen LogP contribution in [0.5, 0.6) is 11.5 Å². The normalized spacial score (nSPS) is 10.6. The van der Waals surface area contributed by atoms with E-state index in [2.05, 4.69) is 10.5 Å². The van der Waals surface area contributed by atoms with Crippen LogP contribution >= 0.6 is 23.2 Å². The summed E-state index contributed by atoms with van der Waals surface area (Å²) >= 11 is 11.9. The van der Waals surface area contributed by atoms with Crippen LogP contribution in [0.2, 0.25) is 10.0 Å². The van der Waals surface area contributed by atoms with Gasteiger partial charge in [-0.15, -0.1) is 0 Å². The topological polar surface area (TPSA) is 85.9 Å². The van der Waals surface area contributed by atoms with Crippen LogP contribution in [-0.2, 0) is 6.61 Å². The van der Waals surface area contributed by atoms with Crippen molar-refractivity contribution >= 4 is 35.4 Å². The Balaban J connectivity index is 2.21. The summed E-state index contributed by atoms with van der Waals surface area (Å²) in [7, 11) is 1.53. The molecule has 0 saturated heterocycles. The van der Waals surface area contributed by atoms with Gasteiger partial charge in [-0.25, -0.2) is 10.2 Å². The Hall–Kier alpha value is -2.44. The van der Waals surface area contributed by atoms with Crippen molar-refractivity contribution in [3.8, 4) is 11.5 Å². The van der Waals surface area contributed by atoms with Gasteiger partial charge in [-0.2, -0.15) is 5.10 Å². The SMILES string of the molecule is COc1cccc(/C=N/NC(N)=O)c1OCc1ccc(Cl)c(Cl)c1. The van der Waals surface area contributed by atoms with Crippen molar-refractivity contribution in [2.75, 3.05) is 7.11 Å². The van der Waals surface area contributed by atoms with E-state index in [0.29, 0.717) is 27.1 Å². The molecule has 0 unspecified atom stereocenters. The first-order chi connectivity index (χ1) is 11.5. The van der Waals surface area contributed by atoms with Crippen LogP contribution in [0.25, 0.3) is 0 Å². The zero-order chi connectivity index (χ0) is 17.5. The summed E-state index contributed by atoms with van der Waals surface area (Å²) < 4.78 is 11.1. The molecule has 2 aromatic carbocycles. The first-order valence-electron chi connectivity index (χ1n) is 6.83. The Bertz CT molecular complexity index is 766. The zero-order valence-electron chi connectivity index (χ0n) is 12.8. The van der Waals surface area contributed by atoms with E-state index in [1.807, 2.05) is 6.07 Å². The lowest BCUT2D eigenvalue weighted by atomic mass is 10.2. The number of amides is 2. The number of hydrazone groups is 1. The first kappa shape index (κ1) is 17.9. The predicted octanol–water partition coefficient (Wildman–Crippen LogP) is 3.58. The van der Waals surface area contributed by atoms with Crippen LogP contribution in [0, 0.1) is 0 Å². The van der Waals surface area contributed by atoms with E-state index in [1.165, 1.54) is 13.3 Å². The van der Waals surface area contributed by atoms with Crippen LogP contribution in [0.3, 0.4) is 0 Å². The van der Waals surface area contributed by atoms with Crippen molar-refractivity contribution in [3.05, 3.63) is 57.6 Å². The molecule has 0 radical (unpaired) electrons. The van der Waals surface area contributed by atoms with Gasteiger partial charge in [0, 0.05) is 5.56 Å². The van der Waals surface area contributed by atoms with E-state index < -0.39 is 6.03 Å². The number of carbonyl (C=O) groups is 1. The van der Waals surface area contributed by atoms with E-state index in [4.69, 9.17) is 38.4 Å². The molecule has 8 heteroatoms. The maximum Gasteiger partial charge on any atom is 0.332 e. The number of primary amides is 1. The number of methoxy groups -OCH3 is 1. The molecule has 0 saturated carbocycles. The van der Waals surface area contributed by atoms with Crippen molar-refractivity contribution < 1.29 is 14.3 Å². The number of hydrogen-bond donors (Lipinski definition) is 2. The Morgan fingerprint density at radius 3 is 2.75 bits per heavy atom. The number of hydrogen-bond acceptors (Lipinski definition) is 4. The number of nitrogens with two attached hydrogens (primary N) is 1. The minimum atomic E-state index is -0.757. The fourth-order valence-corrected chi connectivity index (χ4v) is 2.22. The molecule has 0 fully saturated rings. The third kappa shape index (κ3) is 4.78. The van der Waals surface area contributed by atoms with E-state index in [1.54, 1.807) is 30.3 Å². The second-order valence-corrected chi connectivity index (χ2v) is 5.46. The molecule has 0 bridgehead atoms. The fourth-order valence-electron chi connectivity index (χ4n) is 1.90. The molecular formula is C16H15Cl2N3O3. The van der Waals surface area contributed by atoms with Gasteiger partial charge in [0.2, 0.25) is 0 Å². The van der Waals surface area contributed by atoms with E-state index >= 15 is 0 Å². The Labute approximate surface area is 149 Å². The highest BCUT2D eigenvalue weighted by Gasteiger charge is 2.10. The van der Waals surface area contributed by atoms with Crippen molar-refractivity contribution in [2.45, 2.75) is 6.61 Å². The molecule has 3 N–H and O–H groups in total. The van der Waals surface area contributed by atoms with Crippen molar-refractivity contribution in [1.82, 2.24) is 5.43 Å². The Morgan fingerprint density at radius 1 is 1.29 bits per heavy atom. The maximum atomic E-state index is 10.7. The van der Waals surface area contributed by atoms with E-state index in [9.17, 15) is 4.79 Å². The summed E-state index contributed by atoms with van der Waals surface area (Å²) in [5.74, 6) is 0.999. The average Bonchev–Trinajstić information content (AvgIpc) is 2.56.